The average Bonchev–Trinajstić information content (AvgIpc) is 2.98. The van der Waals surface area contributed by atoms with Crippen LogP contribution in [0.15, 0.2) is 60.7 Å². The van der Waals surface area contributed by atoms with Crippen LogP contribution in [-0.2, 0) is 4.65 Å². The van der Waals surface area contributed by atoms with E-state index >= 15 is 0 Å². The maximum absolute atomic E-state index is 10.5. The predicted molar refractivity (Wildman–Crippen MR) is 128 cm³/mol. The zero-order chi connectivity index (χ0) is 21.7. The molecule has 0 saturated heterocycles. The Hall–Kier alpha value is -2.56. The molecule has 4 heteroatoms. The van der Waals surface area contributed by atoms with Gasteiger partial charge in [-0.15, -0.1) is 0 Å². The Morgan fingerprint density at radius 1 is 0.800 bits per heavy atom. The van der Waals surface area contributed by atoms with Crippen LogP contribution in [0.25, 0.3) is 27.5 Å². The SMILES string of the molecule is Cc1ccc2c(c1)c1cc(C)ccc1n2-c1ccccc1BOC(C)(C)C(C)(C)O. The fourth-order valence-corrected chi connectivity index (χ4v) is 3.80. The number of benzene rings is 3. The van der Waals surface area contributed by atoms with Crippen LogP contribution in [0.2, 0.25) is 0 Å². The first-order chi connectivity index (χ1) is 14.1. The fourth-order valence-electron chi connectivity index (χ4n) is 3.80. The Bertz CT molecular complexity index is 1170. The van der Waals surface area contributed by atoms with Crippen LogP contribution in [0, 0.1) is 13.8 Å². The second kappa shape index (κ2) is 7.30. The molecular formula is C26H30BNO2. The molecule has 0 aliphatic rings. The van der Waals surface area contributed by atoms with Crippen molar-refractivity contribution in [3.8, 4) is 5.69 Å². The van der Waals surface area contributed by atoms with Crippen molar-refractivity contribution >= 4 is 34.8 Å². The zero-order valence-electron chi connectivity index (χ0n) is 18.8. The van der Waals surface area contributed by atoms with Gasteiger partial charge in [-0.1, -0.05) is 41.5 Å². The van der Waals surface area contributed by atoms with E-state index in [1.165, 1.54) is 32.9 Å². The summed E-state index contributed by atoms with van der Waals surface area (Å²) in [6.07, 6.45) is 0. The molecule has 0 radical (unpaired) electrons. The molecule has 4 rings (SSSR count). The molecule has 1 heterocycles. The number of aryl methyl sites for hydroxylation is 2. The fraction of sp³-hybridized carbons (Fsp3) is 0.308. The van der Waals surface area contributed by atoms with Crippen LogP contribution in [0.1, 0.15) is 38.8 Å². The molecule has 0 aliphatic heterocycles. The van der Waals surface area contributed by atoms with Gasteiger partial charge < -0.3 is 14.3 Å². The molecule has 3 nitrogen and oxygen atoms in total. The van der Waals surface area contributed by atoms with E-state index in [1.807, 2.05) is 19.9 Å². The monoisotopic (exact) mass is 399 g/mol. The molecule has 1 aromatic heterocycles. The van der Waals surface area contributed by atoms with Crippen molar-refractivity contribution in [2.24, 2.45) is 0 Å². The van der Waals surface area contributed by atoms with Gasteiger partial charge in [0, 0.05) is 16.5 Å². The summed E-state index contributed by atoms with van der Waals surface area (Å²) in [5.41, 5.74) is 5.48. The summed E-state index contributed by atoms with van der Waals surface area (Å²) in [6, 6.07) is 21.7. The minimum atomic E-state index is -0.941. The Labute approximate surface area is 179 Å². The highest BCUT2D eigenvalue weighted by Gasteiger charge is 2.35. The molecule has 0 amide bonds. The van der Waals surface area contributed by atoms with Crippen molar-refractivity contribution in [2.75, 3.05) is 0 Å². The third-order valence-electron chi connectivity index (χ3n) is 6.37. The number of rotatable bonds is 5. The van der Waals surface area contributed by atoms with Crippen molar-refractivity contribution in [1.29, 1.82) is 0 Å². The van der Waals surface area contributed by atoms with Crippen LogP contribution >= 0.6 is 0 Å². The Kier molecular flexibility index (Phi) is 5.04. The van der Waals surface area contributed by atoms with Gasteiger partial charge in [-0.05, 0) is 77.3 Å². The van der Waals surface area contributed by atoms with E-state index in [1.54, 1.807) is 13.8 Å². The van der Waals surface area contributed by atoms with Crippen LogP contribution < -0.4 is 5.46 Å². The Morgan fingerprint density at radius 3 is 1.87 bits per heavy atom. The van der Waals surface area contributed by atoms with E-state index in [2.05, 4.69) is 73.0 Å². The van der Waals surface area contributed by atoms with Crippen LogP contribution in [-0.4, -0.2) is 28.4 Å². The first kappa shape index (κ1) is 20.7. The lowest BCUT2D eigenvalue weighted by Gasteiger charge is -2.37. The van der Waals surface area contributed by atoms with Gasteiger partial charge in [0.05, 0.1) is 22.2 Å². The van der Waals surface area contributed by atoms with Gasteiger partial charge in [0.15, 0.2) is 0 Å². The van der Waals surface area contributed by atoms with E-state index < -0.39 is 11.2 Å². The summed E-state index contributed by atoms with van der Waals surface area (Å²) in [7, 11) is 0.423. The molecule has 0 atom stereocenters. The first-order valence-corrected chi connectivity index (χ1v) is 10.5. The van der Waals surface area contributed by atoms with Crippen molar-refractivity contribution < 1.29 is 9.76 Å². The van der Waals surface area contributed by atoms with Gasteiger partial charge in [0.2, 0.25) is 0 Å². The summed E-state index contributed by atoms with van der Waals surface area (Å²) in [4.78, 5) is 0. The lowest BCUT2D eigenvalue weighted by Crippen LogP contribution is -2.49. The van der Waals surface area contributed by atoms with Crippen LogP contribution in [0.4, 0.5) is 0 Å². The van der Waals surface area contributed by atoms with E-state index in [0.29, 0.717) is 7.48 Å². The van der Waals surface area contributed by atoms with Crippen molar-refractivity contribution in [1.82, 2.24) is 4.57 Å². The number of aromatic nitrogens is 1. The quantitative estimate of drug-likeness (QED) is 0.482. The predicted octanol–water partition coefficient (Wildman–Crippen LogP) is 4.94. The molecule has 154 valence electrons. The Balaban J connectivity index is 1.89. The summed E-state index contributed by atoms with van der Waals surface area (Å²) in [5, 5.41) is 13.0. The summed E-state index contributed by atoms with van der Waals surface area (Å²) in [6.45, 7) is 11.7. The largest absolute Gasteiger partial charge is 0.427 e. The standard InChI is InChI=1S/C26H30BNO2/c1-17-11-13-22-19(15-17)20-16-18(2)12-14-23(20)28(22)24-10-8-7-9-21(24)27-30-26(5,6)25(3,4)29/h7-16,27,29H,1-6H3. The molecule has 0 spiro atoms. The summed E-state index contributed by atoms with van der Waals surface area (Å²) in [5.74, 6) is 0. The number of nitrogens with zero attached hydrogens (tertiary/aromatic N) is 1. The molecule has 4 aromatic rings. The molecule has 30 heavy (non-hydrogen) atoms. The first-order valence-electron chi connectivity index (χ1n) is 10.5. The highest BCUT2D eigenvalue weighted by molar-refractivity contribution is 6.49. The normalized spacial score (nSPS) is 12.6. The summed E-state index contributed by atoms with van der Waals surface area (Å²) >= 11 is 0. The van der Waals surface area contributed by atoms with Gasteiger partial charge >= 0.3 is 7.48 Å². The molecule has 0 saturated carbocycles. The number of para-hydroxylation sites is 1. The van der Waals surface area contributed by atoms with Gasteiger partial charge in [-0.3, -0.25) is 0 Å². The van der Waals surface area contributed by atoms with Crippen molar-refractivity contribution in [3.63, 3.8) is 0 Å². The van der Waals surface area contributed by atoms with E-state index in [9.17, 15) is 5.11 Å². The van der Waals surface area contributed by atoms with Gasteiger partial charge in [0.25, 0.3) is 0 Å². The number of fused-ring (bicyclic) bond motifs is 3. The second-order valence-corrected chi connectivity index (χ2v) is 9.36. The number of hydrogen-bond acceptors (Lipinski definition) is 2. The number of aliphatic hydroxyl groups is 1. The van der Waals surface area contributed by atoms with E-state index in [-0.39, 0.29) is 0 Å². The minimum absolute atomic E-state index is 0.423. The van der Waals surface area contributed by atoms with Crippen LogP contribution in [0.5, 0.6) is 0 Å². The highest BCUT2D eigenvalue weighted by atomic mass is 16.5. The molecule has 1 N–H and O–H groups in total. The summed E-state index contributed by atoms with van der Waals surface area (Å²) < 4.78 is 8.55. The third kappa shape index (κ3) is 3.55. The Morgan fingerprint density at radius 2 is 1.33 bits per heavy atom. The smallest absolute Gasteiger partial charge is 0.311 e. The maximum Gasteiger partial charge on any atom is 0.311 e. The van der Waals surface area contributed by atoms with Crippen molar-refractivity contribution in [2.45, 2.75) is 52.7 Å². The molecule has 0 unspecified atom stereocenters. The third-order valence-corrected chi connectivity index (χ3v) is 6.37. The van der Waals surface area contributed by atoms with Gasteiger partial charge in [-0.2, -0.15) is 0 Å². The van der Waals surface area contributed by atoms with Crippen molar-refractivity contribution in [3.05, 3.63) is 71.8 Å². The number of hydrogen-bond donors (Lipinski definition) is 1. The van der Waals surface area contributed by atoms with Crippen LogP contribution in [0.3, 0.4) is 0 Å². The molecule has 3 aromatic carbocycles. The second-order valence-electron chi connectivity index (χ2n) is 9.36. The lowest BCUT2D eigenvalue weighted by molar-refractivity contribution is -0.0893. The molecular weight excluding hydrogens is 369 g/mol. The van der Waals surface area contributed by atoms with Gasteiger partial charge in [0.1, 0.15) is 0 Å². The average molecular weight is 399 g/mol. The van der Waals surface area contributed by atoms with E-state index in [0.717, 1.165) is 11.2 Å². The topological polar surface area (TPSA) is 34.4 Å². The maximum atomic E-state index is 10.5. The zero-order valence-corrected chi connectivity index (χ0v) is 18.8. The van der Waals surface area contributed by atoms with Gasteiger partial charge in [-0.25, -0.2) is 0 Å². The highest BCUT2D eigenvalue weighted by Crippen LogP contribution is 2.33. The molecule has 0 bridgehead atoms. The lowest BCUT2D eigenvalue weighted by atomic mass is 9.81. The molecule has 0 fully saturated rings. The molecule has 0 aliphatic carbocycles. The van der Waals surface area contributed by atoms with E-state index in [4.69, 9.17) is 4.65 Å². The minimum Gasteiger partial charge on any atom is -0.427 e.